The number of anilines is 1. The third kappa shape index (κ3) is 2.20. The van der Waals surface area contributed by atoms with Crippen molar-refractivity contribution in [1.29, 1.82) is 0 Å². The lowest BCUT2D eigenvalue weighted by Gasteiger charge is -2.25. The highest BCUT2D eigenvalue weighted by Gasteiger charge is 2.22. The molecule has 1 aliphatic rings. The van der Waals surface area contributed by atoms with Gasteiger partial charge in [-0.3, -0.25) is 0 Å². The summed E-state index contributed by atoms with van der Waals surface area (Å²) in [6.45, 7) is 0.576. The van der Waals surface area contributed by atoms with Crippen LogP contribution in [0.5, 0.6) is 0 Å². The maximum absolute atomic E-state index is 10.6. The number of hydrogen-bond donors (Lipinski definition) is 2. The fourth-order valence-corrected chi connectivity index (χ4v) is 2.09. The normalized spacial score (nSPS) is 18.9. The molecule has 0 radical (unpaired) electrons. The summed E-state index contributed by atoms with van der Waals surface area (Å²) in [5.41, 5.74) is 6.99. The number of halogens is 1. The predicted molar refractivity (Wildman–Crippen MR) is 58.6 cm³/mol. The molecular formula is C9H10BrN3O2. The van der Waals surface area contributed by atoms with E-state index in [-0.39, 0.29) is 6.10 Å². The number of nitrogens with one attached hydrogen (secondary N) is 1. The SMILES string of the molecule is NC(=O)OC1CNc2ccnc(Br)c2C1. The number of hydrogen-bond acceptors (Lipinski definition) is 4. The van der Waals surface area contributed by atoms with Crippen molar-refractivity contribution >= 4 is 27.7 Å². The maximum Gasteiger partial charge on any atom is 0.404 e. The lowest BCUT2D eigenvalue weighted by atomic mass is 10.0. The van der Waals surface area contributed by atoms with Gasteiger partial charge in [-0.2, -0.15) is 0 Å². The lowest BCUT2D eigenvalue weighted by Crippen LogP contribution is -2.34. The van der Waals surface area contributed by atoms with Gasteiger partial charge in [-0.1, -0.05) is 0 Å². The van der Waals surface area contributed by atoms with Crippen LogP contribution in [0.15, 0.2) is 16.9 Å². The third-order valence-corrected chi connectivity index (χ3v) is 2.92. The Morgan fingerprint density at radius 3 is 3.27 bits per heavy atom. The van der Waals surface area contributed by atoms with Gasteiger partial charge in [-0.25, -0.2) is 9.78 Å². The molecule has 0 aliphatic carbocycles. The summed E-state index contributed by atoms with van der Waals surface area (Å²) < 4.78 is 5.70. The second kappa shape index (κ2) is 4.06. The van der Waals surface area contributed by atoms with E-state index >= 15 is 0 Å². The number of nitrogens with zero attached hydrogens (tertiary/aromatic N) is 1. The van der Waals surface area contributed by atoms with Crippen molar-refractivity contribution in [3.63, 3.8) is 0 Å². The van der Waals surface area contributed by atoms with E-state index in [2.05, 4.69) is 26.2 Å². The Morgan fingerprint density at radius 1 is 1.73 bits per heavy atom. The number of rotatable bonds is 1. The van der Waals surface area contributed by atoms with Crippen LogP contribution in [0.4, 0.5) is 10.5 Å². The van der Waals surface area contributed by atoms with Crippen LogP contribution >= 0.6 is 15.9 Å². The molecule has 2 rings (SSSR count). The highest BCUT2D eigenvalue weighted by molar-refractivity contribution is 9.10. The summed E-state index contributed by atoms with van der Waals surface area (Å²) >= 11 is 3.35. The molecule has 0 fully saturated rings. The quantitative estimate of drug-likeness (QED) is 0.755. The van der Waals surface area contributed by atoms with E-state index in [4.69, 9.17) is 10.5 Å². The monoisotopic (exact) mass is 271 g/mol. The Balaban J connectivity index is 2.18. The van der Waals surface area contributed by atoms with Crippen molar-refractivity contribution in [3.05, 3.63) is 22.4 Å². The number of carbonyl (C=O) groups excluding carboxylic acids is 1. The maximum atomic E-state index is 10.6. The molecule has 0 saturated carbocycles. The summed E-state index contributed by atoms with van der Waals surface area (Å²) in [6, 6.07) is 1.89. The average Bonchev–Trinajstić information content (AvgIpc) is 2.18. The average molecular weight is 272 g/mol. The van der Waals surface area contributed by atoms with Crippen LogP contribution in [-0.4, -0.2) is 23.7 Å². The van der Waals surface area contributed by atoms with E-state index in [1.165, 1.54) is 0 Å². The van der Waals surface area contributed by atoms with E-state index in [1.807, 2.05) is 6.07 Å². The molecular weight excluding hydrogens is 262 g/mol. The van der Waals surface area contributed by atoms with Crippen LogP contribution in [-0.2, 0) is 11.2 Å². The first kappa shape index (κ1) is 10.2. The molecule has 3 N–H and O–H groups in total. The van der Waals surface area contributed by atoms with Gasteiger partial charge in [0.25, 0.3) is 0 Å². The fraction of sp³-hybridized carbons (Fsp3) is 0.333. The number of pyridine rings is 1. The Morgan fingerprint density at radius 2 is 2.53 bits per heavy atom. The molecule has 6 heteroatoms. The number of amides is 1. The molecule has 15 heavy (non-hydrogen) atoms. The van der Waals surface area contributed by atoms with Gasteiger partial charge in [-0.15, -0.1) is 0 Å². The number of ether oxygens (including phenoxy) is 1. The van der Waals surface area contributed by atoms with Gasteiger partial charge < -0.3 is 15.8 Å². The van der Waals surface area contributed by atoms with E-state index < -0.39 is 6.09 Å². The van der Waals surface area contributed by atoms with Crippen LogP contribution in [0.3, 0.4) is 0 Å². The van der Waals surface area contributed by atoms with Crippen LogP contribution in [0.25, 0.3) is 0 Å². The highest BCUT2D eigenvalue weighted by Crippen LogP contribution is 2.27. The number of carbonyl (C=O) groups is 1. The van der Waals surface area contributed by atoms with Gasteiger partial charge in [0.2, 0.25) is 0 Å². The Bertz CT molecular complexity index is 397. The van der Waals surface area contributed by atoms with Crippen LogP contribution < -0.4 is 11.1 Å². The van der Waals surface area contributed by atoms with Crippen molar-refractivity contribution < 1.29 is 9.53 Å². The first-order valence-corrected chi connectivity index (χ1v) is 5.29. The van der Waals surface area contributed by atoms with Crippen LogP contribution in [0.2, 0.25) is 0 Å². The van der Waals surface area contributed by atoms with Crippen molar-refractivity contribution in [3.8, 4) is 0 Å². The summed E-state index contributed by atoms with van der Waals surface area (Å²) in [4.78, 5) is 14.7. The molecule has 0 aromatic carbocycles. The number of aromatic nitrogens is 1. The second-order valence-electron chi connectivity index (χ2n) is 3.27. The van der Waals surface area contributed by atoms with Gasteiger partial charge in [0.05, 0.1) is 6.54 Å². The van der Waals surface area contributed by atoms with Crippen LogP contribution in [0, 0.1) is 0 Å². The molecule has 2 heterocycles. The largest absolute Gasteiger partial charge is 0.444 e. The molecule has 1 amide bonds. The molecule has 1 aliphatic heterocycles. The topological polar surface area (TPSA) is 77.2 Å². The van der Waals surface area contributed by atoms with Crippen molar-refractivity contribution in [2.45, 2.75) is 12.5 Å². The number of nitrogens with two attached hydrogens (primary N) is 1. The summed E-state index contributed by atoms with van der Waals surface area (Å²) in [7, 11) is 0. The standard InChI is InChI=1S/C9H10BrN3O2/c10-8-6-3-5(15-9(11)14)4-13-7(6)1-2-12-8/h1-2,5,13H,3-4H2,(H2,11,14). The zero-order valence-electron chi connectivity index (χ0n) is 7.87. The molecule has 80 valence electrons. The minimum absolute atomic E-state index is 0.226. The Kier molecular flexibility index (Phi) is 2.77. The van der Waals surface area contributed by atoms with Crippen molar-refractivity contribution in [1.82, 2.24) is 4.98 Å². The lowest BCUT2D eigenvalue weighted by molar-refractivity contribution is 0.111. The molecule has 0 spiro atoms. The molecule has 1 aromatic heterocycles. The molecule has 0 bridgehead atoms. The summed E-state index contributed by atoms with van der Waals surface area (Å²) in [5.74, 6) is 0. The summed E-state index contributed by atoms with van der Waals surface area (Å²) in [6.07, 6.45) is 1.37. The minimum Gasteiger partial charge on any atom is -0.444 e. The molecule has 1 atom stereocenters. The van der Waals surface area contributed by atoms with Crippen molar-refractivity contribution in [2.75, 3.05) is 11.9 Å². The number of primary amides is 1. The van der Waals surface area contributed by atoms with Gasteiger partial charge in [-0.05, 0) is 22.0 Å². The van der Waals surface area contributed by atoms with Gasteiger partial charge in [0.1, 0.15) is 10.7 Å². The molecule has 0 saturated heterocycles. The first-order chi connectivity index (χ1) is 7.16. The van der Waals surface area contributed by atoms with E-state index in [1.54, 1.807) is 6.20 Å². The highest BCUT2D eigenvalue weighted by atomic mass is 79.9. The van der Waals surface area contributed by atoms with E-state index in [0.717, 1.165) is 15.9 Å². The Hall–Kier alpha value is -1.30. The zero-order chi connectivity index (χ0) is 10.8. The zero-order valence-corrected chi connectivity index (χ0v) is 9.45. The van der Waals surface area contributed by atoms with Gasteiger partial charge >= 0.3 is 6.09 Å². The van der Waals surface area contributed by atoms with E-state index in [0.29, 0.717) is 13.0 Å². The smallest absolute Gasteiger partial charge is 0.404 e. The minimum atomic E-state index is -0.745. The molecule has 5 nitrogen and oxygen atoms in total. The number of fused-ring (bicyclic) bond motifs is 1. The first-order valence-electron chi connectivity index (χ1n) is 4.50. The predicted octanol–water partition coefficient (Wildman–Crippen LogP) is 1.28. The fourth-order valence-electron chi connectivity index (χ4n) is 1.60. The molecule has 1 aromatic rings. The second-order valence-corrected chi connectivity index (χ2v) is 4.02. The van der Waals surface area contributed by atoms with Gasteiger partial charge in [0.15, 0.2) is 0 Å². The third-order valence-electron chi connectivity index (χ3n) is 2.24. The van der Waals surface area contributed by atoms with Gasteiger partial charge in [0, 0.05) is 23.9 Å². The van der Waals surface area contributed by atoms with Crippen molar-refractivity contribution in [2.24, 2.45) is 5.73 Å². The Labute approximate surface area is 95.1 Å². The molecule has 1 unspecified atom stereocenters. The van der Waals surface area contributed by atoms with Crippen LogP contribution in [0.1, 0.15) is 5.56 Å². The van der Waals surface area contributed by atoms with E-state index in [9.17, 15) is 4.79 Å². The summed E-state index contributed by atoms with van der Waals surface area (Å²) in [5, 5.41) is 3.16.